The number of benzene rings is 2. The van der Waals surface area contributed by atoms with Crippen LogP contribution in [0.3, 0.4) is 0 Å². The fourth-order valence-electron chi connectivity index (χ4n) is 3.76. The number of amides is 1. The van der Waals surface area contributed by atoms with Gasteiger partial charge in [-0.3, -0.25) is 9.69 Å². The molecular weight excluding hydrogens is 395 g/mol. The summed E-state index contributed by atoms with van der Waals surface area (Å²) in [5, 5.41) is 4.03. The molecule has 3 aromatic rings. The number of rotatable bonds is 5. The summed E-state index contributed by atoms with van der Waals surface area (Å²) in [7, 11) is 0. The van der Waals surface area contributed by atoms with Gasteiger partial charge in [0.05, 0.1) is 12.5 Å². The van der Waals surface area contributed by atoms with Crippen LogP contribution in [0, 0.1) is 19.7 Å². The molecule has 7 heteroatoms. The van der Waals surface area contributed by atoms with E-state index in [1.165, 1.54) is 11.6 Å². The quantitative estimate of drug-likeness (QED) is 0.623. The van der Waals surface area contributed by atoms with Crippen molar-refractivity contribution >= 4 is 5.91 Å². The van der Waals surface area contributed by atoms with Crippen molar-refractivity contribution in [3.05, 3.63) is 70.9 Å². The van der Waals surface area contributed by atoms with Gasteiger partial charge in [0.25, 0.3) is 0 Å². The number of hydrogen-bond donors (Lipinski definition) is 0. The maximum atomic E-state index is 13.9. The summed E-state index contributed by atoms with van der Waals surface area (Å²) in [4.78, 5) is 21.3. The summed E-state index contributed by atoms with van der Waals surface area (Å²) in [6.45, 7) is 8.57. The Hall–Kier alpha value is -3.06. The maximum Gasteiger partial charge on any atom is 0.244 e. The van der Waals surface area contributed by atoms with Gasteiger partial charge in [0.15, 0.2) is 0 Å². The van der Waals surface area contributed by atoms with Crippen LogP contribution in [0.2, 0.25) is 0 Å². The van der Waals surface area contributed by atoms with Crippen molar-refractivity contribution in [1.82, 2.24) is 19.9 Å². The van der Waals surface area contributed by atoms with Gasteiger partial charge in [0.1, 0.15) is 5.82 Å². The second kappa shape index (κ2) is 8.98. The highest BCUT2D eigenvalue weighted by Crippen LogP contribution is 2.24. The second-order valence-corrected chi connectivity index (χ2v) is 8.18. The van der Waals surface area contributed by atoms with Crippen molar-refractivity contribution in [3.63, 3.8) is 0 Å². The maximum absolute atomic E-state index is 13.9. The predicted molar refractivity (Wildman–Crippen MR) is 116 cm³/mol. The van der Waals surface area contributed by atoms with Crippen molar-refractivity contribution < 1.29 is 13.7 Å². The molecule has 1 aliphatic heterocycles. The van der Waals surface area contributed by atoms with E-state index in [0.717, 1.165) is 18.7 Å². The van der Waals surface area contributed by atoms with E-state index >= 15 is 0 Å². The lowest BCUT2D eigenvalue weighted by Crippen LogP contribution is -2.49. The number of hydrogen-bond acceptors (Lipinski definition) is 5. The van der Waals surface area contributed by atoms with Crippen LogP contribution in [0.4, 0.5) is 4.39 Å². The average Bonchev–Trinajstić information content (AvgIpc) is 3.27. The minimum atomic E-state index is -0.289. The lowest BCUT2D eigenvalue weighted by atomic mass is 10.1. The van der Waals surface area contributed by atoms with E-state index in [-0.39, 0.29) is 17.8 Å². The zero-order chi connectivity index (χ0) is 22.0. The first-order valence-electron chi connectivity index (χ1n) is 10.6. The molecule has 1 aromatic heterocycles. The normalized spacial score (nSPS) is 15.8. The molecule has 0 spiro atoms. The third-order valence-corrected chi connectivity index (χ3v) is 5.92. The molecule has 1 amide bonds. The minimum absolute atomic E-state index is 0.0779. The third kappa shape index (κ3) is 4.82. The van der Waals surface area contributed by atoms with Crippen LogP contribution < -0.4 is 0 Å². The van der Waals surface area contributed by atoms with Gasteiger partial charge in [-0.1, -0.05) is 47.1 Å². The molecule has 1 unspecified atom stereocenters. The lowest BCUT2D eigenvalue weighted by Gasteiger charge is -2.36. The molecule has 1 fully saturated rings. The molecule has 31 heavy (non-hydrogen) atoms. The highest BCUT2D eigenvalue weighted by molar-refractivity contribution is 5.78. The minimum Gasteiger partial charge on any atom is -0.340 e. The Morgan fingerprint density at radius 1 is 1.10 bits per heavy atom. The molecule has 0 radical (unpaired) electrons. The summed E-state index contributed by atoms with van der Waals surface area (Å²) in [5.41, 5.74) is 3.40. The summed E-state index contributed by atoms with van der Waals surface area (Å²) >= 11 is 0. The van der Waals surface area contributed by atoms with Gasteiger partial charge in [0, 0.05) is 31.7 Å². The number of aryl methyl sites for hydroxylation is 2. The fraction of sp³-hybridized carbons (Fsp3) is 0.375. The summed E-state index contributed by atoms with van der Waals surface area (Å²) < 4.78 is 19.3. The van der Waals surface area contributed by atoms with Crippen LogP contribution in [0.1, 0.15) is 35.5 Å². The van der Waals surface area contributed by atoms with Gasteiger partial charge in [-0.05, 0) is 38.0 Å². The van der Waals surface area contributed by atoms with Crippen LogP contribution in [0.15, 0.2) is 47.0 Å². The molecule has 2 heterocycles. The van der Waals surface area contributed by atoms with Gasteiger partial charge >= 0.3 is 0 Å². The monoisotopic (exact) mass is 422 g/mol. The highest BCUT2D eigenvalue weighted by Gasteiger charge is 2.27. The average molecular weight is 423 g/mol. The van der Waals surface area contributed by atoms with Crippen molar-refractivity contribution in [1.29, 1.82) is 0 Å². The largest absolute Gasteiger partial charge is 0.340 e. The number of halogens is 1. The fourth-order valence-corrected chi connectivity index (χ4v) is 3.76. The van der Waals surface area contributed by atoms with Gasteiger partial charge in [0.2, 0.25) is 17.6 Å². The molecule has 4 rings (SSSR count). The zero-order valence-corrected chi connectivity index (χ0v) is 18.1. The van der Waals surface area contributed by atoms with Crippen molar-refractivity contribution in [2.75, 3.05) is 26.2 Å². The number of nitrogens with zero attached hydrogens (tertiary/aromatic N) is 4. The summed E-state index contributed by atoms with van der Waals surface area (Å²) in [5.74, 6) is 0.740. The van der Waals surface area contributed by atoms with Gasteiger partial charge in [-0.2, -0.15) is 4.98 Å². The van der Waals surface area contributed by atoms with Crippen LogP contribution in [0.5, 0.6) is 0 Å². The van der Waals surface area contributed by atoms with Crippen LogP contribution in [-0.4, -0.2) is 52.0 Å². The standard InChI is InChI=1S/C24H27FN4O2/c1-16-4-7-19(8-5-16)14-22(30)29-12-10-28(11-13-29)18(3)24-26-23(27-31-24)20-9-6-17(2)21(25)15-20/h4-9,15,18H,10-14H2,1-3H3. The molecule has 0 saturated carbocycles. The predicted octanol–water partition coefficient (Wildman–Crippen LogP) is 3.94. The number of carbonyl (C=O) groups excluding carboxylic acids is 1. The number of piperazine rings is 1. The van der Waals surface area contributed by atoms with Crippen molar-refractivity contribution in [2.45, 2.75) is 33.2 Å². The van der Waals surface area contributed by atoms with E-state index in [9.17, 15) is 9.18 Å². The Kier molecular flexibility index (Phi) is 6.13. The van der Waals surface area contributed by atoms with Crippen molar-refractivity contribution in [2.24, 2.45) is 0 Å². The Morgan fingerprint density at radius 3 is 2.48 bits per heavy atom. The molecule has 0 bridgehead atoms. The van der Waals surface area contributed by atoms with Crippen LogP contribution in [-0.2, 0) is 11.2 Å². The first kappa shape index (κ1) is 21.2. The van der Waals surface area contributed by atoms with Crippen LogP contribution >= 0.6 is 0 Å². The first-order valence-corrected chi connectivity index (χ1v) is 10.6. The first-order chi connectivity index (χ1) is 14.9. The van der Waals surface area contributed by atoms with E-state index in [4.69, 9.17) is 4.52 Å². The van der Waals surface area contributed by atoms with Gasteiger partial charge in [-0.25, -0.2) is 4.39 Å². The summed E-state index contributed by atoms with van der Waals surface area (Å²) in [6.07, 6.45) is 0.427. The van der Waals surface area contributed by atoms with E-state index in [1.54, 1.807) is 19.1 Å². The molecule has 6 nitrogen and oxygen atoms in total. The van der Waals surface area contributed by atoms with E-state index in [1.807, 2.05) is 43.0 Å². The lowest BCUT2D eigenvalue weighted by molar-refractivity contribution is -0.132. The summed E-state index contributed by atoms with van der Waals surface area (Å²) in [6, 6.07) is 12.9. The smallest absolute Gasteiger partial charge is 0.244 e. The number of aromatic nitrogens is 2. The highest BCUT2D eigenvalue weighted by atomic mass is 19.1. The van der Waals surface area contributed by atoms with Gasteiger partial charge in [-0.15, -0.1) is 0 Å². The Bertz CT molecular complexity index is 1060. The molecule has 162 valence electrons. The van der Waals surface area contributed by atoms with Crippen molar-refractivity contribution in [3.8, 4) is 11.4 Å². The molecule has 1 atom stereocenters. The molecule has 0 N–H and O–H groups in total. The number of carbonyl (C=O) groups is 1. The van der Waals surface area contributed by atoms with E-state index in [0.29, 0.717) is 42.4 Å². The molecule has 0 aliphatic carbocycles. The van der Waals surface area contributed by atoms with E-state index in [2.05, 4.69) is 15.0 Å². The molecule has 2 aromatic carbocycles. The van der Waals surface area contributed by atoms with Crippen LogP contribution in [0.25, 0.3) is 11.4 Å². The Balaban J connectivity index is 1.34. The SMILES string of the molecule is Cc1ccc(CC(=O)N2CCN(C(C)c3nc(-c4ccc(C)c(F)c4)no3)CC2)cc1. The Morgan fingerprint density at radius 2 is 1.81 bits per heavy atom. The molecule has 1 saturated heterocycles. The molecule has 1 aliphatic rings. The van der Waals surface area contributed by atoms with E-state index < -0.39 is 0 Å². The molecular formula is C24H27FN4O2. The third-order valence-electron chi connectivity index (χ3n) is 5.92. The second-order valence-electron chi connectivity index (χ2n) is 8.18. The Labute approximate surface area is 181 Å². The topological polar surface area (TPSA) is 62.5 Å². The van der Waals surface area contributed by atoms with Gasteiger partial charge < -0.3 is 9.42 Å². The zero-order valence-electron chi connectivity index (χ0n) is 18.1.